The van der Waals surface area contributed by atoms with Gasteiger partial charge in [-0.05, 0) is 99.4 Å². The predicted octanol–water partition coefficient (Wildman–Crippen LogP) is 6.57. The number of ether oxygens (including phenoxy) is 2. The molecule has 4 aliphatic rings. The lowest BCUT2D eigenvalue weighted by molar-refractivity contribution is -0.199. The van der Waals surface area contributed by atoms with Crippen molar-refractivity contribution in [1.82, 2.24) is 5.32 Å². The Morgan fingerprint density at radius 3 is 2.61 bits per heavy atom. The smallest absolute Gasteiger partial charge is 0.456 e. The van der Waals surface area contributed by atoms with Crippen LogP contribution in [0.25, 0.3) is 0 Å². The molecule has 5 atom stereocenters. The number of carbonyl (C=O) groups is 2. The van der Waals surface area contributed by atoms with E-state index in [4.69, 9.17) is 18.8 Å². The van der Waals surface area contributed by atoms with Crippen molar-refractivity contribution in [2.24, 2.45) is 17.3 Å². The fraction of sp³-hybridized carbons (Fsp3) is 0.586. The van der Waals surface area contributed by atoms with E-state index >= 15 is 0 Å². The van der Waals surface area contributed by atoms with E-state index < -0.39 is 30.8 Å². The zero-order chi connectivity index (χ0) is 27.5. The second kappa shape index (κ2) is 9.68. The van der Waals surface area contributed by atoms with Gasteiger partial charge in [0, 0.05) is 6.32 Å². The minimum absolute atomic E-state index is 0.0391. The van der Waals surface area contributed by atoms with Crippen LogP contribution in [-0.2, 0) is 14.0 Å². The first-order chi connectivity index (χ1) is 17.8. The van der Waals surface area contributed by atoms with Crippen molar-refractivity contribution in [3.05, 3.63) is 52.4 Å². The Kier molecular flexibility index (Phi) is 6.94. The van der Waals surface area contributed by atoms with Gasteiger partial charge in [0.05, 0.1) is 23.3 Å². The first kappa shape index (κ1) is 27.2. The summed E-state index contributed by atoms with van der Waals surface area (Å²) in [5, 5.41) is 5.38. The van der Waals surface area contributed by atoms with E-state index in [0.717, 1.165) is 17.5 Å². The van der Waals surface area contributed by atoms with Gasteiger partial charge in [0.2, 0.25) is 0 Å². The molecule has 6 rings (SSSR count). The SMILES string of the molecule is Cc1c(C(=O)OC(C)(C)C)cccc1C(CB1OC2C[C@@H]3C[C@@H](C3(C)C)[C@]2(C)O1)NC(=O)Oc1cccs1. The summed E-state index contributed by atoms with van der Waals surface area (Å²) in [6, 6.07) is 8.56. The van der Waals surface area contributed by atoms with Gasteiger partial charge >= 0.3 is 19.2 Å². The maximum absolute atomic E-state index is 13.0. The molecule has 0 spiro atoms. The van der Waals surface area contributed by atoms with Crippen molar-refractivity contribution in [3.63, 3.8) is 0 Å². The first-order valence-corrected chi connectivity index (χ1v) is 14.3. The topological polar surface area (TPSA) is 83.1 Å². The zero-order valence-corrected chi connectivity index (χ0v) is 24.1. The van der Waals surface area contributed by atoms with Crippen LogP contribution in [0.3, 0.4) is 0 Å². The molecule has 3 saturated carbocycles. The maximum Gasteiger partial charge on any atom is 0.460 e. The van der Waals surface area contributed by atoms with E-state index in [-0.39, 0.29) is 17.1 Å². The molecular formula is C29H38BNO6S. The largest absolute Gasteiger partial charge is 0.460 e. The lowest BCUT2D eigenvalue weighted by Crippen LogP contribution is -2.65. The highest BCUT2D eigenvalue weighted by molar-refractivity contribution is 7.11. The van der Waals surface area contributed by atoms with E-state index in [0.29, 0.717) is 28.8 Å². The van der Waals surface area contributed by atoms with Crippen molar-refractivity contribution in [2.45, 2.75) is 91.0 Å². The Bertz CT molecular complexity index is 1210. The Balaban J connectivity index is 1.40. The highest BCUT2D eigenvalue weighted by Gasteiger charge is 2.67. The van der Waals surface area contributed by atoms with E-state index in [1.807, 2.05) is 51.3 Å². The average Bonchev–Trinajstić information content (AvgIpc) is 3.43. The first-order valence-electron chi connectivity index (χ1n) is 13.5. The molecule has 7 nitrogen and oxygen atoms in total. The van der Waals surface area contributed by atoms with Gasteiger partial charge in [0.25, 0.3) is 0 Å². The Morgan fingerprint density at radius 2 is 1.95 bits per heavy atom. The second-order valence-corrected chi connectivity index (χ2v) is 13.6. The molecule has 1 aromatic heterocycles. The summed E-state index contributed by atoms with van der Waals surface area (Å²) < 4.78 is 24.3. The number of hydrogen-bond acceptors (Lipinski definition) is 7. The number of esters is 1. The molecule has 2 unspecified atom stereocenters. The molecule has 3 aliphatic carbocycles. The van der Waals surface area contributed by atoms with Crippen LogP contribution in [0.5, 0.6) is 5.06 Å². The number of hydrogen-bond donors (Lipinski definition) is 1. The van der Waals surface area contributed by atoms with Crippen LogP contribution in [-0.4, -0.2) is 36.5 Å². The molecule has 1 N–H and O–H groups in total. The third-order valence-corrected chi connectivity index (χ3v) is 9.53. The van der Waals surface area contributed by atoms with Gasteiger partial charge in [-0.25, -0.2) is 9.59 Å². The third kappa shape index (κ3) is 5.00. The molecular weight excluding hydrogens is 501 g/mol. The van der Waals surface area contributed by atoms with Gasteiger partial charge in [-0.15, -0.1) is 11.3 Å². The molecule has 0 radical (unpaired) electrons. The molecule has 1 saturated heterocycles. The molecule has 9 heteroatoms. The summed E-state index contributed by atoms with van der Waals surface area (Å²) >= 11 is 1.35. The number of nitrogens with one attached hydrogen (secondary N) is 1. The number of thiophene rings is 1. The molecule has 204 valence electrons. The predicted molar refractivity (Wildman–Crippen MR) is 147 cm³/mol. The summed E-state index contributed by atoms with van der Waals surface area (Å²) in [4.78, 5) is 25.9. The molecule has 4 fully saturated rings. The minimum Gasteiger partial charge on any atom is -0.456 e. The van der Waals surface area contributed by atoms with Gasteiger partial charge in [0.15, 0.2) is 5.06 Å². The Labute approximate surface area is 229 Å². The summed E-state index contributed by atoms with van der Waals surface area (Å²) in [6.07, 6.45) is 2.02. The summed E-state index contributed by atoms with van der Waals surface area (Å²) in [5.41, 5.74) is 1.28. The van der Waals surface area contributed by atoms with Gasteiger partial charge in [-0.3, -0.25) is 0 Å². The van der Waals surface area contributed by atoms with Crippen LogP contribution in [0.15, 0.2) is 35.7 Å². The summed E-state index contributed by atoms with van der Waals surface area (Å²) in [6.45, 7) is 14.3. The molecule has 1 aliphatic heterocycles. The van der Waals surface area contributed by atoms with Gasteiger partial charge in [-0.1, -0.05) is 26.0 Å². The quantitative estimate of drug-likeness (QED) is 0.330. The highest BCUT2D eigenvalue weighted by atomic mass is 32.1. The number of benzene rings is 1. The molecule has 2 aromatic rings. The Hall–Kier alpha value is -2.36. The van der Waals surface area contributed by atoms with Gasteiger partial charge < -0.3 is 24.1 Å². The fourth-order valence-corrected chi connectivity index (χ4v) is 7.25. The van der Waals surface area contributed by atoms with Gasteiger partial charge in [-0.2, -0.15) is 0 Å². The van der Waals surface area contributed by atoms with Crippen LogP contribution < -0.4 is 10.1 Å². The van der Waals surface area contributed by atoms with Crippen molar-refractivity contribution >= 4 is 30.5 Å². The van der Waals surface area contributed by atoms with Crippen LogP contribution in [0.1, 0.15) is 81.9 Å². The Morgan fingerprint density at radius 1 is 1.18 bits per heavy atom. The second-order valence-electron chi connectivity index (χ2n) is 12.7. The summed E-state index contributed by atoms with van der Waals surface area (Å²) in [5.74, 6) is 0.692. The molecule has 2 bridgehead atoms. The zero-order valence-electron chi connectivity index (χ0n) is 23.3. The van der Waals surface area contributed by atoms with Crippen LogP contribution in [0.2, 0.25) is 6.32 Å². The fourth-order valence-electron chi connectivity index (χ4n) is 6.68. The third-order valence-electron chi connectivity index (χ3n) is 8.78. The van der Waals surface area contributed by atoms with Crippen molar-refractivity contribution in [3.8, 4) is 5.06 Å². The van der Waals surface area contributed by atoms with Crippen molar-refractivity contribution in [1.29, 1.82) is 0 Å². The standard InChI is InChI=1S/C29H38BNO6S/c1-17-19(10-8-11-20(17)25(32)35-27(2,3)4)21(31-26(33)34-24-12-9-13-38-24)16-30-36-23-15-18-14-22(28(18,5)6)29(23,7)37-30/h8-13,18,21-23H,14-16H2,1-7H3,(H,31,33)/t18-,21?,22-,23?,29-/m0/s1. The lowest BCUT2D eigenvalue weighted by Gasteiger charge is -2.64. The van der Waals surface area contributed by atoms with E-state index in [2.05, 4.69) is 26.1 Å². The normalized spacial score (nSPS) is 28.2. The number of amides is 1. The molecule has 1 amide bonds. The van der Waals surface area contributed by atoms with Gasteiger partial charge in [0.1, 0.15) is 5.60 Å². The average molecular weight is 540 g/mol. The van der Waals surface area contributed by atoms with Crippen LogP contribution in [0, 0.1) is 24.2 Å². The van der Waals surface area contributed by atoms with Crippen LogP contribution in [0.4, 0.5) is 4.79 Å². The maximum atomic E-state index is 13.0. The van der Waals surface area contributed by atoms with E-state index in [9.17, 15) is 9.59 Å². The van der Waals surface area contributed by atoms with E-state index in [1.165, 1.54) is 17.8 Å². The summed E-state index contributed by atoms with van der Waals surface area (Å²) in [7, 11) is -0.489. The highest BCUT2D eigenvalue weighted by Crippen LogP contribution is 2.65. The van der Waals surface area contributed by atoms with Crippen LogP contribution >= 0.6 is 11.3 Å². The molecule has 2 heterocycles. The minimum atomic E-state index is -0.618. The molecule has 38 heavy (non-hydrogen) atoms. The number of carbonyl (C=O) groups excluding carboxylic acids is 2. The number of rotatable bonds is 6. The molecule has 1 aromatic carbocycles. The van der Waals surface area contributed by atoms with Crippen molar-refractivity contribution in [2.75, 3.05) is 0 Å². The monoisotopic (exact) mass is 539 g/mol. The lowest BCUT2D eigenvalue weighted by atomic mass is 9.43. The van der Waals surface area contributed by atoms with Crippen molar-refractivity contribution < 1.29 is 28.4 Å². The van der Waals surface area contributed by atoms with E-state index in [1.54, 1.807) is 12.1 Å².